The van der Waals surface area contributed by atoms with Gasteiger partial charge in [0, 0.05) is 17.5 Å². The number of nitrogens with one attached hydrogen (secondary N) is 2. The number of carbonyl (C=O) groups is 1. The first-order valence-electron chi connectivity index (χ1n) is 6.53. The third kappa shape index (κ3) is 3.50. The largest absolute Gasteiger partial charge is 0.355 e. The molecule has 18 heavy (non-hydrogen) atoms. The quantitative estimate of drug-likeness (QED) is 0.857. The van der Waals surface area contributed by atoms with Crippen LogP contribution in [-0.2, 0) is 4.79 Å². The fraction of sp³-hybridized carbons (Fsp3) is 0.500. The van der Waals surface area contributed by atoms with Gasteiger partial charge in [0.25, 0.3) is 0 Å². The van der Waals surface area contributed by atoms with Crippen LogP contribution >= 0.6 is 11.8 Å². The molecular weight excluding hydrogens is 244 g/mol. The van der Waals surface area contributed by atoms with Gasteiger partial charge in [-0.2, -0.15) is 0 Å². The fourth-order valence-corrected chi connectivity index (χ4v) is 3.22. The Bertz CT molecular complexity index is 409. The molecule has 4 heteroatoms. The zero-order valence-electron chi connectivity index (χ0n) is 10.7. The first-order chi connectivity index (χ1) is 8.81. The molecule has 1 heterocycles. The van der Waals surface area contributed by atoms with Crippen molar-refractivity contribution in [2.45, 2.75) is 30.7 Å². The maximum absolute atomic E-state index is 11.6. The van der Waals surface area contributed by atoms with Gasteiger partial charge in [-0.3, -0.25) is 4.79 Å². The van der Waals surface area contributed by atoms with Gasteiger partial charge in [-0.15, -0.1) is 11.8 Å². The van der Waals surface area contributed by atoms with E-state index < -0.39 is 0 Å². The maximum atomic E-state index is 11.6. The lowest BCUT2D eigenvalue weighted by Crippen LogP contribution is -2.36. The first-order valence-corrected chi connectivity index (χ1v) is 7.51. The second-order valence-electron chi connectivity index (χ2n) is 4.46. The molecule has 1 atom stereocenters. The molecule has 0 bridgehead atoms. The van der Waals surface area contributed by atoms with Crippen molar-refractivity contribution in [2.24, 2.45) is 0 Å². The topological polar surface area (TPSA) is 41.1 Å². The van der Waals surface area contributed by atoms with Crippen LogP contribution in [0.3, 0.4) is 0 Å². The molecule has 1 aromatic carbocycles. The van der Waals surface area contributed by atoms with Crippen LogP contribution in [0, 0.1) is 0 Å². The molecule has 0 aliphatic carbocycles. The number of hydrogen-bond donors (Lipinski definition) is 2. The monoisotopic (exact) mass is 264 g/mol. The van der Waals surface area contributed by atoms with Crippen LogP contribution in [0.5, 0.6) is 0 Å². The molecule has 98 valence electrons. The summed E-state index contributed by atoms with van der Waals surface area (Å²) >= 11 is 1.90. The highest BCUT2D eigenvalue weighted by Crippen LogP contribution is 2.35. The minimum atomic E-state index is 0.0903. The Morgan fingerprint density at radius 1 is 1.44 bits per heavy atom. The van der Waals surface area contributed by atoms with E-state index in [9.17, 15) is 4.79 Å². The molecule has 0 spiro atoms. The molecule has 0 aromatic heterocycles. The summed E-state index contributed by atoms with van der Waals surface area (Å²) in [5.41, 5.74) is 1.33. The number of rotatable bonds is 5. The van der Waals surface area contributed by atoms with Crippen molar-refractivity contribution < 1.29 is 4.79 Å². The van der Waals surface area contributed by atoms with Gasteiger partial charge >= 0.3 is 0 Å². The second-order valence-corrected chi connectivity index (χ2v) is 5.60. The van der Waals surface area contributed by atoms with Gasteiger partial charge in [0.1, 0.15) is 0 Å². The zero-order chi connectivity index (χ0) is 12.8. The highest BCUT2D eigenvalue weighted by Gasteiger charge is 2.20. The van der Waals surface area contributed by atoms with Crippen molar-refractivity contribution in [1.82, 2.24) is 10.6 Å². The van der Waals surface area contributed by atoms with Crippen molar-refractivity contribution >= 4 is 17.7 Å². The van der Waals surface area contributed by atoms with E-state index in [0.717, 1.165) is 25.1 Å². The van der Waals surface area contributed by atoms with Gasteiger partial charge < -0.3 is 10.6 Å². The lowest BCUT2D eigenvalue weighted by Gasteiger charge is -2.25. The summed E-state index contributed by atoms with van der Waals surface area (Å²) in [6.07, 6.45) is 2.07. The van der Waals surface area contributed by atoms with E-state index >= 15 is 0 Å². The van der Waals surface area contributed by atoms with Crippen LogP contribution in [0.2, 0.25) is 0 Å². The van der Waals surface area contributed by atoms with Gasteiger partial charge in [-0.1, -0.05) is 25.1 Å². The molecule has 0 fully saturated rings. The van der Waals surface area contributed by atoms with Crippen LogP contribution in [0.1, 0.15) is 31.4 Å². The van der Waals surface area contributed by atoms with E-state index in [4.69, 9.17) is 0 Å². The molecule has 3 nitrogen and oxygen atoms in total. The average Bonchev–Trinajstić information content (AvgIpc) is 2.42. The maximum Gasteiger partial charge on any atom is 0.233 e. The smallest absolute Gasteiger partial charge is 0.233 e. The van der Waals surface area contributed by atoms with Crippen LogP contribution in [0.25, 0.3) is 0 Å². The Morgan fingerprint density at radius 3 is 3.11 bits per heavy atom. The predicted molar refractivity (Wildman–Crippen MR) is 75.8 cm³/mol. The van der Waals surface area contributed by atoms with E-state index in [1.807, 2.05) is 11.8 Å². The predicted octanol–water partition coefficient (Wildman–Crippen LogP) is 2.34. The SMILES string of the molecule is CCCNC(=O)CNC1CCSc2ccccc21. The van der Waals surface area contributed by atoms with E-state index in [1.165, 1.54) is 10.5 Å². The van der Waals surface area contributed by atoms with Gasteiger partial charge in [0.05, 0.1) is 6.54 Å². The van der Waals surface area contributed by atoms with Crippen LogP contribution < -0.4 is 10.6 Å². The summed E-state index contributed by atoms with van der Waals surface area (Å²) in [7, 11) is 0. The number of hydrogen-bond acceptors (Lipinski definition) is 3. The molecule has 1 aliphatic heterocycles. The highest BCUT2D eigenvalue weighted by molar-refractivity contribution is 7.99. The van der Waals surface area contributed by atoms with Crippen molar-refractivity contribution in [1.29, 1.82) is 0 Å². The minimum Gasteiger partial charge on any atom is -0.355 e. The number of amides is 1. The van der Waals surface area contributed by atoms with Gasteiger partial charge in [0.2, 0.25) is 5.91 Å². The molecule has 1 amide bonds. The first kappa shape index (κ1) is 13.4. The summed E-state index contributed by atoms with van der Waals surface area (Å²) in [6.45, 7) is 3.23. The lowest BCUT2D eigenvalue weighted by atomic mass is 10.0. The Morgan fingerprint density at radius 2 is 2.28 bits per heavy atom. The van der Waals surface area contributed by atoms with Gasteiger partial charge in [-0.05, 0) is 30.2 Å². The van der Waals surface area contributed by atoms with Crippen molar-refractivity contribution in [2.75, 3.05) is 18.8 Å². The molecule has 1 aromatic rings. The van der Waals surface area contributed by atoms with Crippen LogP contribution in [0.4, 0.5) is 0 Å². The normalized spacial score (nSPS) is 18.2. The summed E-state index contributed by atoms with van der Waals surface area (Å²) in [5.74, 6) is 1.21. The molecule has 2 N–H and O–H groups in total. The van der Waals surface area contributed by atoms with E-state index in [1.54, 1.807) is 0 Å². The Kier molecular flexibility index (Phi) is 5.08. The fourth-order valence-electron chi connectivity index (χ4n) is 2.10. The zero-order valence-corrected chi connectivity index (χ0v) is 11.6. The van der Waals surface area contributed by atoms with Crippen LogP contribution in [-0.4, -0.2) is 24.7 Å². The van der Waals surface area contributed by atoms with E-state index in [-0.39, 0.29) is 5.91 Å². The Labute approximate surface area is 113 Å². The lowest BCUT2D eigenvalue weighted by molar-refractivity contribution is -0.120. The number of fused-ring (bicyclic) bond motifs is 1. The summed E-state index contributed by atoms with van der Waals surface area (Å²) in [6, 6.07) is 8.77. The second kappa shape index (κ2) is 6.81. The molecular formula is C14H20N2OS. The molecule has 2 rings (SSSR count). The van der Waals surface area contributed by atoms with Crippen molar-refractivity contribution in [3.8, 4) is 0 Å². The van der Waals surface area contributed by atoms with Crippen molar-refractivity contribution in [3.05, 3.63) is 29.8 Å². The number of thioether (sulfide) groups is 1. The average molecular weight is 264 g/mol. The molecule has 1 unspecified atom stereocenters. The highest BCUT2D eigenvalue weighted by atomic mass is 32.2. The van der Waals surface area contributed by atoms with Gasteiger partial charge in [-0.25, -0.2) is 0 Å². The van der Waals surface area contributed by atoms with E-state index in [0.29, 0.717) is 12.6 Å². The van der Waals surface area contributed by atoms with Crippen molar-refractivity contribution in [3.63, 3.8) is 0 Å². The number of carbonyl (C=O) groups excluding carboxylic acids is 1. The standard InChI is InChI=1S/C14H20N2OS/c1-2-8-15-14(17)10-16-12-7-9-18-13-6-4-3-5-11(12)13/h3-6,12,16H,2,7-10H2,1H3,(H,15,17). The number of benzene rings is 1. The van der Waals surface area contributed by atoms with Crippen LogP contribution in [0.15, 0.2) is 29.2 Å². The molecule has 0 saturated carbocycles. The molecule has 1 aliphatic rings. The Hall–Kier alpha value is -1.00. The third-order valence-electron chi connectivity index (χ3n) is 3.04. The summed E-state index contributed by atoms with van der Waals surface area (Å²) in [4.78, 5) is 12.9. The van der Waals surface area contributed by atoms with Gasteiger partial charge in [0.15, 0.2) is 0 Å². The summed E-state index contributed by atoms with van der Waals surface area (Å²) in [5, 5.41) is 6.25. The molecule has 0 radical (unpaired) electrons. The summed E-state index contributed by atoms with van der Waals surface area (Å²) < 4.78 is 0. The third-order valence-corrected chi connectivity index (χ3v) is 4.16. The van der Waals surface area contributed by atoms with E-state index in [2.05, 4.69) is 41.8 Å². The Balaban J connectivity index is 1.89. The minimum absolute atomic E-state index is 0.0903. The molecule has 0 saturated heterocycles.